The molecule has 8 heteroatoms. The summed E-state index contributed by atoms with van der Waals surface area (Å²) in [5.41, 5.74) is 1.38. The van der Waals surface area contributed by atoms with E-state index < -0.39 is 10.1 Å². The van der Waals surface area contributed by atoms with E-state index in [0.29, 0.717) is 12.0 Å². The van der Waals surface area contributed by atoms with Crippen LogP contribution >= 0.6 is 0 Å². The second-order valence-electron chi connectivity index (χ2n) is 6.96. The summed E-state index contributed by atoms with van der Waals surface area (Å²) in [7, 11) is -3.89. The van der Waals surface area contributed by atoms with Gasteiger partial charge in [0.05, 0.1) is 11.4 Å². The Hall–Kier alpha value is -1.51. The van der Waals surface area contributed by atoms with E-state index in [1.165, 1.54) is 12.1 Å². The van der Waals surface area contributed by atoms with E-state index in [0.717, 1.165) is 43.6 Å². The summed E-state index contributed by atoms with van der Waals surface area (Å²) in [6.07, 6.45) is 2.33. The van der Waals surface area contributed by atoms with Crippen molar-refractivity contribution in [1.29, 1.82) is 0 Å². The molecule has 1 atom stereocenters. The lowest BCUT2D eigenvalue weighted by Crippen LogP contribution is -2.36. The molecular formula is C17H23FN2O4S. The molecule has 0 aliphatic carbocycles. The fourth-order valence-electron chi connectivity index (χ4n) is 3.50. The molecule has 0 bridgehead atoms. The number of hydrogen-bond donors (Lipinski definition) is 1. The van der Waals surface area contributed by atoms with E-state index in [1.807, 2.05) is 6.92 Å². The zero-order valence-electron chi connectivity index (χ0n) is 14.2. The molecule has 1 N–H and O–H groups in total. The molecule has 25 heavy (non-hydrogen) atoms. The molecule has 1 aliphatic rings. The Labute approximate surface area is 146 Å². The summed E-state index contributed by atoms with van der Waals surface area (Å²) in [6, 6.07) is 4.51. The smallest absolute Gasteiger partial charge is 0.264 e. The van der Waals surface area contributed by atoms with Crippen LogP contribution in [-0.2, 0) is 10.1 Å². The summed E-state index contributed by atoms with van der Waals surface area (Å²) < 4.78 is 49.0. The third-order valence-corrected chi connectivity index (χ3v) is 5.63. The zero-order valence-corrected chi connectivity index (χ0v) is 15.0. The quantitative estimate of drug-likeness (QED) is 0.787. The Balaban J connectivity index is 1.54. The summed E-state index contributed by atoms with van der Waals surface area (Å²) in [6.45, 7) is 4.61. The van der Waals surface area contributed by atoms with Crippen LogP contribution in [0.25, 0.3) is 11.0 Å². The van der Waals surface area contributed by atoms with Gasteiger partial charge in [-0.15, -0.1) is 0 Å². The summed E-state index contributed by atoms with van der Waals surface area (Å²) in [5, 5.41) is 5.02. The molecule has 1 aromatic carbocycles. The minimum absolute atomic E-state index is 0.188. The van der Waals surface area contributed by atoms with Crippen molar-refractivity contribution in [3.05, 3.63) is 29.7 Å². The molecule has 3 rings (SSSR count). The highest BCUT2D eigenvalue weighted by atomic mass is 32.2. The van der Waals surface area contributed by atoms with Crippen molar-refractivity contribution in [1.82, 2.24) is 10.1 Å². The van der Waals surface area contributed by atoms with Gasteiger partial charge in [-0.3, -0.25) is 4.55 Å². The van der Waals surface area contributed by atoms with E-state index in [2.05, 4.69) is 10.1 Å². The number of nitrogens with zero attached hydrogens (tertiary/aromatic N) is 2. The number of halogens is 1. The average Bonchev–Trinajstić information content (AvgIpc) is 2.96. The third kappa shape index (κ3) is 4.77. The van der Waals surface area contributed by atoms with Gasteiger partial charge in [0.15, 0.2) is 5.58 Å². The fraction of sp³-hybridized carbons (Fsp3) is 0.588. The first-order chi connectivity index (χ1) is 11.8. The van der Waals surface area contributed by atoms with Crippen LogP contribution in [0.1, 0.15) is 37.8 Å². The Kier molecular flexibility index (Phi) is 5.41. The van der Waals surface area contributed by atoms with Gasteiger partial charge < -0.3 is 9.42 Å². The molecule has 0 amide bonds. The first-order valence-corrected chi connectivity index (χ1v) is 10.1. The maximum atomic E-state index is 13.2. The topological polar surface area (TPSA) is 83.6 Å². The molecule has 1 aromatic heterocycles. The number of hydrogen-bond acceptors (Lipinski definition) is 5. The highest BCUT2D eigenvalue weighted by Gasteiger charge is 2.26. The number of aromatic nitrogens is 1. The van der Waals surface area contributed by atoms with Gasteiger partial charge in [0.25, 0.3) is 10.1 Å². The largest absolute Gasteiger partial charge is 0.356 e. The van der Waals surface area contributed by atoms with Gasteiger partial charge in [0.2, 0.25) is 0 Å². The minimum atomic E-state index is -3.89. The van der Waals surface area contributed by atoms with Crippen LogP contribution in [0.4, 0.5) is 4.39 Å². The predicted molar refractivity (Wildman–Crippen MR) is 92.6 cm³/mol. The van der Waals surface area contributed by atoms with Crippen molar-refractivity contribution in [3.63, 3.8) is 0 Å². The number of rotatable bonds is 6. The molecule has 2 heterocycles. The lowest BCUT2D eigenvalue weighted by atomic mass is 9.91. The van der Waals surface area contributed by atoms with Gasteiger partial charge in [-0.1, -0.05) is 12.1 Å². The van der Waals surface area contributed by atoms with Crippen molar-refractivity contribution in [2.45, 2.75) is 32.1 Å². The Morgan fingerprint density at radius 2 is 2.12 bits per heavy atom. The molecule has 0 spiro atoms. The molecule has 1 fully saturated rings. The fourth-order valence-corrected chi connectivity index (χ4v) is 4.20. The maximum absolute atomic E-state index is 13.2. The SMILES string of the molecule is C[C@@H](CCS(=O)(=O)O)CN1CCC(c2noc3cc(F)ccc23)CC1. The van der Waals surface area contributed by atoms with E-state index >= 15 is 0 Å². The second kappa shape index (κ2) is 7.39. The van der Waals surface area contributed by atoms with E-state index in [4.69, 9.17) is 9.08 Å². The molecule has 2 aromatic rings. The molecule has 0 unspecified atom stereocenters. The van der Waals surface area contributed by atoms with Gasteiger partial charge in [-0.05, 0) is 50.4 Å². The number of benzene rings is 1. The molecule has 1 saturated heterocycles. The Bertz CT molecular complexity index is 828. The molecule has 6 nitrogen and oxygen atoms in total. The lowest BCUT2D eigenvalue weighted by molar-refractivity contribution is 0.183. The number of fused-ring (bicyclic) bond motifs is 1. The van der Waals surface area contributed by atoms with Gasteiger partial charge in [0, 0.05) is 23.9 Å². The highest BCUT2D eigenvalue weighted by Crippen LogP contribution is 2.33. The van der Waals surface area contributed by atoms with Crippen molar-refractivity contribution >= 4 is 21.1 Å². The van der Waals surface area contributed by atoms with Crippen molar-refractivity contribution in [3.8, 4) is 0 Å². The average molecular weight is 370 g/mol. The van der Waals surface area contributed by atoms with Crippen LogP contribution in [0.5, 0.6) is 0 Å². The summed E-state index contributed by atoms with van der Waals surface area (Å²) >= 11 is 0. The van der Waals surface area contributed by atoms with Crippen molar-refractivity contribution in [2.75, 3.05) is 25.4 Å². The van der Waals surface area contributed by atoms with Crippen LogP contribution in [-0.4, -0.2) is 48.4 Å². The van der Waals surface area contributed by atoms with Crippen LogP contribution in [0, 0.1) is 11.7 Å². The van der Waals surface area contributed by atoms with E-state index in [9.17, 15) is 12.8 Å². The second-order valence-corrected chi connectivity index (χ2v) is 8.54. The summed E-state index contributed by atoms with van der Waals surface area (Å²) in [5.74, 6) is -0.0270. The third-order valence-electron chi connectivity index (χ3n) is 4.87. The molecule has 0 saturated carbocycles. The van der Waals surface area contributed by atoms with Gasteiger partial charge >= 0.3 is 0 Å². The molecule has 138 valence electrons. The number of piperidine rings is 1. The van der Waals surface area contributed by atoms with Gasteiger partial charge in [-0.2, -0.15) is 8.42 Å². The normalized spacial score (nSPS) is 18.7. The highest BCUT2D eigenvalue weighted by molar-refractivity contribution is 7.85. The Morgan fingerprint density at radius 3 is 2.80 bits per heavy atom. The van der Waals surface area contributed by atoms with Crippen molar-refractivity contribution in [2.24, 2.45) is 5.92 Å². The van der Waals surface area contributed by atoms with Crippen LogP contribution in [0.3, 0.4) is 0 Å². The standard InChI is InChI=1S/C17H23FN2O4S/c1-12(6-9-25(21,22)23)11-20-7-4-13(5-8-20)17-15-3-2-14(18)10-16(15)24-19-17/h2-3,10,12-13H,4-9,11H2,1H3,(H,21,22,23)/t12-/m0/s1. The predicted octanol–water partition coefficient (Wildman–Crippen LogP) is 3.06. The minimum Gasteiger partial charge on any atom is -0.356 e. The van der Waals surface area contributed by atoms with E-state index in [1.54, 1.807) is 6.07 Å². The Morgan fingerprint density at radius 1 is 1.40 bits per heavy atom. The zero-order chi connectivity index (χ0) is 18.0. The molecular weight excluding hydrogens is 347 g/mol. The number of likely N-dealkylation sites (tertiary alicyclic amines) is 1. The first kappa shape index (κ1) is 18.3. The monoisotopic (exact) mass is 370 g/mol. The first-order valence-electron chi connectivity index (χ1n) is 8.54. The maximum Gasteiger partial charge on any atom is 0.264 e. The van der Waals surface area contributed by atoms with E-state index in [-0.39, 0.29) is 23.4 Å². The van der Waals surface area contributed by atoms with Crippen LogP contribution in [0.2, 0.25) is 0 Å². The lowest BCUT2D eigenvalue weighted by Gasteiger charge is -2.32. The summed E-state index contributed by atoms with van der Waals surface area (Å²) in [4.78, 5) is 2.31. The van der Waals surface area contributed by atoms with Crippen molar-refractivity contribution < 1.29 is 21.9 Å². The van der Waals surface area contributed by atoms with Crippen LogP contribution in [0.15, 0.2) is 22.7 Å². The van der Waals surface area contributed by atoms with Gasteiger partial charge in [0.1, 0.15) is 5.82 Å². The van der Waals surface area contributed by atoms with Crippen LogP contribution < -0.4 is 0 Å². The van der Waals surface area contributed by atoms with Gasteiger partial charge in [-0.25, -0.2) is 4.39 Å². The molecule has 1 aliphatic heterocycles. The molecule has 0 radical (unpaired) electrons.